The zero-order chi connectivity index (χ0) is 63.6. The molecule has 2 aromatic rings. The van der Waals surface area contributed by atoms with E-state index in [2.05, 4.69) is 102 Å². The number of Topliss-reactive ketones (excluding diaryl/α,β-unsaturated/α-hetero) is 1. The van der Waals surface area contributed by atoms with Gasteiger partial charge >= 0.3 is 11.9 Å². The van der Waals surface area contributed by atoms with Crippen LogP contribution in [-0.2, 0) is 27.2 Å². The normalized spacial score (nSPS) is 43.0. The number of benzene rings is 2. The molecule has 0 amide bonds. The first kappa shape index (κ1) is 68.0. The summed E-state index contributed by atoms with van der Waals surface area (Å²) in [7, 11) is 0. The Labute approximate surface area is 530 Å². The topological polar surface area (TPSA) is 211 Å². The summed E-state index contributed by atoms with van der Waals surface area (Å²) in [6, 6.07) is 10.3. The number of ketones is 1. The van der Waals surface area contributed by atoms with E-state index >= 15 is 0 Å². The summed E-state index contributed by atoms with van der Waals surface area (Å²) < 4.78 is 0. The highest BCUT2D eigenvalue weighted by atomic mass is 16.4. The largest absolute Gasteiger partial charge is 0.504 e. The number of phenolic OH excluding ortho intramolecular Hbond substituents is 4. The quantitative estimate of drug-likeness (QED) is 0.0828. The molecule has 0 bridgehead atoms. The number of hydrogen-bond acceptors (Lipinski definition) is 9. The summed E-state index contributed by atoms with van der Waals surface area (Å²) >= 11 is 0. The smallest absolute Gasteiger partial charge is 0.309 e. The molecule has 12 rings (SSSR count). The fourth-order valence-electron chi connectivity index (χ4n) is 25.2. The van der Waals surface area contributed by atoms with Crippen LogP contribution in [0, 0.1) is 113 Å². The zero-order valence-corrected chi connectivity index (χ0v) is 55.7. The molecule has 0 aliphatic heterocycles. The predicted molar refractivity (Wildman–Crippen MR) is 353 cm³/mol. The number of carbonyl (C=O) groups excluding carboxylic acids is 1. The summed E-state index contributed by atoms with van der Waals surface area (Å²) in [6.45, 7) is 39.4. The lowest BCUT2D eigenvalue weighted by molar-refractivity contribution is -0.240. The number of phenols is 4. The average molecular weight is 1220 g/mol. The van der Waals surface area contributed by atoms with Crippen LogP contribution >= 0.6 is 0 Å². The summed E-state index contributed by atoms with van der Waals surface area (Å²) in [5, 5.41) is 62.6. The second-order valence-electron chi connectivity index (χ2n) is 33.7. The van der Waals surface area contributed by atoms with Gasteiger partial charge in [0.05, 0.1) is 10.8 Å². The molecule has 0 spiro atoms. The van der Waals surface area contributed by atoms with E-state index in [1.165, 1.54) is 74.6 Å². The van der Waals surface area contributed by atoms with Crippen molar-refractivity contribution in [2.45, 2.75) is 238 Å². The van der Waals surface area contributed by atoms with Crippen LogP contribution < -0.4 is 11.1 Å². The molecule has 0 radical (unpaired) electrons. The molecule has 11 heteroatoms. The Kier molecular flexibility index (Phi) is 18.3. The Morgan fingerprint density at radius 3 is 1.40 bits per heavy atom. The highest BCUT2D eigenvalue weighted by molar-refractivity contribution is 5.85. The summed E-state index contributed by atoms with van der Waals surface area (Å²) in [6.07, 6.45) is 22.7. The molecule has 10 aliphatic carbocycles. The molecule has 10 aliphatic rings. The molecule has 88 heavy (non-hydrogen) atoms. The molecule has 19 atom stereocenters. The van der Waals surface area contributed by atoms with E-state index in [-0.39, 0.29) is 85.6 Å². The molecule has 9 N–H and O–H groups in total. The Balaban J connectivity index is 0.000000181. The molecule has 11 nitrogen and oxygen atoms in total. The predicted octanol–water partition coefficient (Wildman–Crippen LogP) is 16.9. The van der Waals surface area contributed by atoms with E-state index < -0.39 is 22.8 Å². The molecule has 0 unspecified atom stereocenters. The van der Waals surface area contributed by atoms with Gasteiger partial charge in [0, 0.05) is 17.9 Å². The van der Waals surface area contributed by atoms with Gasteiger partial charge in [0.1, 0.15) is 5.78 Å². The fourth-order valence-corrected chi connectivity index (χ4v) is 25.2. The van der Waals surface area contributed by atoms with Crippen LogP contribution in [0.25, 0.3) is 0 Å². The van der Waals surface area contributed by atoms with Gasteiger partial charge in [-0.3, -0.25) is 14.4 Å². The number of fused-ring (bicyclic) bond motifs is 14. The van der Waals surface area contributed by atoms with E-state index in [0.717, 1.165) is 101 Å². The number of nitrogens with two attached hydrogens (primary N) is 1. The molecular formula is C77H118N2O9. The van der Waals surface area contributed by atoms with Crippen LogP contribution in [0.2, 0.25) is 0 Å². The number of rotatable bonds is 10. The molecule has 0 aromatic heterocycles. The highest BCUT2D eigenvalue weighted by Crippen LogP contribution is 2.80. The molecule has 2 aromatic carbocycles. The Bertz CT molecular complexity index is 3000. The minimum Gasteiger partial charge on any atom is -0.504 e. The van der Waals surface area contributed by atoms with Gasteiger partial charge in [0.2, 0.25) is 0 Å². The lowest BCUT2D eigenvalue weighted by Crippen LogP contribution is -2.67. The maximum Gasteiger partial charge on any atom is 0.309 e. The van der Waals surface area contributed by atoms with Gasteiger partial charge < -0.3 is 41.7 Å². The second-order valence-corrected chi connectivity index (χ2v) is 33.7. The van der Waals surface area contributed by atoms with Gasteiger partial charge in [-0.25, -0.2) is 0 Å². The molecule has 10 saturated carbocycles. The van der Waals surface area contributed by atoms with Crippen molar-refractivity contribution in [3.8, 4) is 23.0 Å². The number of carbonyl (C=O) groups is 3. The Hall–Kier alpha value is -4.35. The minimum absolute atomic E-state index is 0. The number of carboxylic acid groups (broad SMARTS) is 2. The van der Waals surface area contributed by atoms with Crippen LogP contribution in [0.4, 0.5) is 0 Å². The maximum atomic E-state index is 12.9. The number of nitrogens with one attached hydrogen (secondary N) is 1. The third-order valence-corrected chi connectivity index (χ3v) is 30.1. The Morgan fingerprint density at radius 1 is 0.523 bits per heavy atom. The second kappa shape index (κ2) is 23.6. The monoisotopic (exact) mass is 1210 g/mol. The van der Waals surface area contributed by atoms with Gasteiger partial charge in [-0.15, -0.1) is 0 Å². The van der Waals surface area contributed by atoms with Crippen molar-refractivity contribution in [3.05, 3.63) is 71.8 Å². The lowest BCUT2D eigenvalue weighted by atomic mass is 9.32. The van der Waals surface area contributed by atoms with Gasteiger partial charge in [-0.05, 0) is 294 Å². The van der Waals surface area contributed by atoms with Crippen molar-refractivity contribution in [2.24, 2.45) is 119 Å². The van der Waals surface area contributed by atoms with Crippen molar-refractivity contribution in [3.63, 3.8) is 0 Å². The van der Waals surface area contributed by atoms with E-state index in [1.807, 2.05) is 6.07 Å². The van der Waals surface area contributed by atoms with Crippen molar-refractivity contribution in [2.75, 3.05) is 13.1 Å². The van der Waals surface area contributed by atoms with Gasteiger partial charge in [-0.1, -0.05) is 113 Å². The van der Waals surface area contributed by atoms with Crippen LogP contribution in [-0.4, -0.2) is 67.5 Å². The van der Waals surface area contributed by atoms with E-state index in [1.54, 1.807) is 18.2 Å². The first-order chi connectivity index (χ1) is 40.6. The number of carboxylic acids is 2. The number of hydrogen-bond donors (Lipinski definition) is 8. The van der Waals surface area contributed by atoms with Crippen molar-refractivity contribution in [1.29, 1.82) is 0 Å². The van der Waals surface area contributed by atoms with E-state index in [0.29, 0.717) is 72.1 Å². The van der Waals surface area contributed by atoms with Crippen LogP contribution in [0.3, 0.4) is 0 Å². The fraction of sp³-hybridized carbons (Fsp3) is 0.753. The van der Waals surface area contributed by atoms with E-state index in [9.17, 15) is 34.8 Å². The average Bonchev–Trinajstić information content (AvgIpc) is 1.18. The first-order valence-electron chi connectivity index (χ1n) is 34.4. The van der Waals surface area contributed by atoms with Gasteiger partial charge in [0.25, 0.3) is 0 Å². The van der Waals surface area contributed by atoms with Gasteiger partial charge in [-0.2, -0.15) is 0 Å². The zero-order valence-electron chi connectivity index (χ0n) is 55.7. The maximum absolute atomic E-state index is 12.9. The molecule has 0 saturated heterocycles. The number of allylic oxidation sites excluding steroid dienone is 2. The van der Waals surface area contributed by atoms with Crippen LogP contribution in [0.5, 0.6) is 23.0 Å². The molecule has 490 valence electrons. The highest BCUT2D eigenvalue weighted by Gasteiger charge is 2.74. The number of aromatic hydroxyl groups is 4. The minimum atomic E-state index is -0.553. The summed E-state index contributed by atoms with van der Waals surface area (Å²) in [5.41, 5.74) is 9.81. The SMILES string of the molecule is C.C=C(C)[C@@H]1CC[C@]2(C(=O)O)CC[C@]3(C)[C@H](CC[C@@H]4[C@@]5(C)CCC(=O)C(C)(C)[C@@H]5CC[C@]43C)[C@@H]12.C=C(C)[C@@H]1CC[C@]2(C(=O)O)CC[C@]3(C)[C@H](CC[C@@H]4[C@@]5(C)CC[C@H](NCCc6ccc(O)c(O)c6)C(C)(C)[C@@H]5CC[C@]43C)[C@@H]12.NCCc1ccc(O)c(O)c1. The van der Waals surface area contributed by atoms with Crippen LogP contribution in [0.15, 0.2) is 60.7 Å². The van der Waals surface area contributed by atoms with E-state index in [4.69, 9.17) is 15.9 Å². The van der Waals surface area contributed by atoms with Crippen molar-refractivity contribution >= 4 is 17.7 Å². The summed E-state index contributed by atoms with van der Waals surface area (Å²) in [4.78, 5) is 38.6. The Morgan fingerprint density at radius 2 is 0.966 bits per heavy atom. The van der Waals surface area contributed by atoms with Crippen molar-refractivity contribution < 1.29 is 45.0 Å². The number of aliphatic carboxylic acids is 2. The molecular weight excluding hydrogens is 1100 g/mol. The third kappa shape index (κ3) is 10.2. The van der Waals surface area contributed by atoms with Crippen molar-refractivity contribution in [1.82, 2.24) is 5.32 Å². The third-order valence-electron chi connectivity index (χ3n) is 30.1. The van der Waals surface area contributed by atoms with Crippen LogP contribution in [0.1, 0.15) is 230 Å². The standard InChI is InChI=1S/C38H57NO4.C30H46O3.C8H11NO2.CH4/c1-23(2)25-12-18-38(33(42)43)20-19-36(6)26(32(25)38)9-11-30-35(5)16-14-31(34(3,4)29(35)13-17-37(30,36)7)39-21-15-24-8-10-27(40)28(41)22-24;1-18(2)19-10-15-30(25(32)33)17-16-28(6)20(24(19)30)8-9-22-27(5)13-12-23(31)26(3,4)21(27)11-14-29(22,28)7;9-4-3-6-1-2-7(10)8(11)5-6;/h8,10,22,25-26,29-32,39-41H,1,9,11-21H2,2-7H3,(H,42,43);19-22,24H,1,8-17H2,2-7H3,(H,32,33);1-2,5,10-11H,3-4,9H2;1H4/t25-,26+,29-,30+,31-,32+,35-,36+,37+,38-;19-,20+,21-,22+,24+,27-,28+,29+,30-;;/m00../s1. The first-order valence-corrected chi connectivity index (χ1v) is 34.4. The van der Waals surface area contributed by atoms with Gasteiger partial charge in [0.15, 0.2) is 23.0 Å². The lowest BCUT2D eigenvalue weighted by Gasteiger charge is -2.73. The molecule has 10 fully saturated rings. The summed E-state index contributed by atoms with van der Waals surface area (Å²) in [5.74, 6) is 3.60. The molecule has 0 heterocycles.